The summed E-state index contributed by atoms with van der Waals surface area (Å²) in [5, 5.41) is 0. The minimum Gasteiger partial charge on any atom is -0.309 e. The van der Waals surface area contributed by atoms with Gasteiger partial charge in [-0.2, -0.15) is 0 Å². The number of likely N-dealkylation sites (tertiary alicyclic amines) is 1. The van der Waals surface area contributed by atoms with Crippen molar-refractivity contribution in [1.82, 2.24) is 9.80 Å². The van der Waals surface area contributed by atoms with E-state index in [4.69, 9.17) is 0 Å². The van der Waals surface area contributed by atoms with Crippen LogP contribution < -0.4 is 0 Å². The molecule has 0 N–H and O–H groups in total. The second kappa shape index (κ2) is 5.61. The molecule has 0 spiro atoms. The van der Waals surface area contributed by atoms with Gasteiger partial charge < -0.3 is 9.80 Å². The van der Waals surface area contributed by atoms with Gasteiger partial charge in [-0.05, 0) is 39.5 Å². The molecule has 0 aromatic heterocycles. The zero-order chi connectivity index (χ0) is 10.5. The number of nitrogens with zero attached hydrogens (tertiary/aromatic N) is 2. The standard InChI is InChI=1S/C9H20N2.C2H6/c1-9(5-6-10(2)3)7-11(4)8-9;1-2/h5-8H2,1-4H3;1-2H3. The van der Waals surface area contributed by atoms with E-state index in [0.29, 0.717) is 5.41 Å². The van der Waals surface area contributed by atoms with Crippen molar-refractivity contribution in [2.75, 3.05) is 40.8 Å². The van der Waals surface area contributed by atoms with Crippen LogP contribution in [0.15, 0.2) is 0 Å². The molecule has 0 unspecified atom stereocenters. The van der Waals surface area contributed by atoms with Crippen LogP contribution in [0.3, 0.4) is 0 Å². The lowest BCUT2D eigenvalue weighted by Crippen LogP contribution is -2.53. The maximum atomic E-state index is 2.39. The summed E-state index contributed by atoms with van der Waals surface area (Å²) in [6.45, 7) is 10.2. The van der Waals surface area contributed by atoms with E-state index >= 15 is 0 Å². The van der Waals surface area contributed by atoms with Crippen LogP contribution in [-0.2, 0) is 0 Å². The van der Waals surface area contributed by atoms with Gasteiger partial charge in [-0.3, -0.25) is 0 Å². The fourth-order valence-corrected chi connectivity index (χ4v) is 1.91. The second-order valence-electron chi connectivity index (χ2n) is 4.54. The van der Waals surface area contributed by atoms with Crippen molar-refractivity contribution in [1.29, 1.82) is 0 Å². The Hall–Kier alpha value is -0.0800. The molecule has 1 aliphatic heterocycles. The lowest BCUT2D eigenvalue weighted by atomic mass is 9.79. The highest BCUT2D eigenvalue weighted by Gasteiger charge is 2.35. The molecule has 1 saturated heterocycles. The molecule has 13 heavy (non-hydrogen) atoms. The summed E-state index contributed by atoms with van der Waals surface area (Å²) in [4.78, 5) is 4.65. The second-order valence-corrected chi connectivity index (χ2v) is 4.54. The Kier molecular flexibility index (Phi) is 5.57. The highest BCUT2D eigenvalue weighted by molar-refractivity contribution is 4.89. The Morgan fingerprint density at radius 1 is 1.23 bits per heavy atom. The number of hydrogen-bond acceptors (Lipinski definition) is 2. The third kappa shape index (κ3) is 4.63. The Morgan fingerprint density at radius 2 is 1.69 bits per heavy atom. The first-order chi connectivity index (χ1) is 6.02. The molecule has 0 atom stereocenters. The summed E-state index contributed by atoms with van der Waals surface area (Å²) in [6, 6.07) is 0. The molecule has 1 rings (SSSR count). The molecule has 1 fully saturated rings. The third-order valence-corrected chi connectivity index (χ3v) is 2.47. The van der Waals surface area contributed by atoms with Crippen molar-refractivity contribution in [3.8, 4) is 0 Å². The van der Waals surface area contributed by atoms with Crippen LogP contribution in [0.25, 0.3) is 0 Å². The molecular weight excluding hydrogens is 160 g/mol. The van der Waals surface area contributed by atoms with Gasteiger partial charge in [-0.15, -0.1) is 0 Å². The molecule has 1 heterocycles. The molecule has 2 nitrogen and oxygen atoms in total. The monoisotopic (exact) mass is 186 g/mol. The van der Waals surface area contributed by atoms with Crippen molar-refractivity contribution in [3.05, 3.63) is 0 Å². The molecule has 80 valence electrons. The molecule has 0 saturated carbocycles. The van der Waals surface area contributed by atoms with E-state index < -0.39 is 0 Å². The van der Waals surface area contributed by atoms with E-state index in [0.717, 1.165) is 0 Å². The molecule has 0 radical (unpaired) electrons. The molecule has 0 aromatic carbocycles. The summed E-state index contributed by atoms with van der Waals surface area (Å²) < 4.78 is 0. The van der Waals surface area contributed by atoms with E-state index in [1.807, 2.05) is 13.8 Å². The summed E-state index contributed by atoms with van der Waals surface area (Å²) in [5.41, 5.74) is 0.610. The van der Waals surface area contributed by atoms with Crippen LogP contribution >= 0.6 is 0 Å². The minimum absolute atomic E-state index is 0.610. The van der Waals surface area contributed by atoms with Gasteiger partial charge in [-0.25, -0.2) is 0 Å². The lowest BCUT2D eigenvalue weighted by molar-refractivity contribution is 0.0261. The van der Waals surface area contributed by atoms with E-state index in [1.54, 1.807) is 0 Å². The van der Waals surface area contributed by atoms with Crippen molar-refractivity contribution >= 4 is 0 Å². The molecule has 0 aromatic rings. The normalized spacial score (nSPS) is 20.5. The Labute approximate surface area is 83.9 Å². The molecular formula is C11H26N2. The van der Waals surface area contributed by atoms with E-state index in [2.05, 4.69) is 37.9 Å². The number of rotatable bonds is 3. The van der Waals surface area contributed by atoms with Gasteiger partial charge in [0.1, 0.15) is 0 Å². The van der Waals surface area contributed by atoms with Crippen LogP contribution in [0.2, 0.25) is 0 Å². The summed E-state index contributed by atoms with van der Waals surface area (Å²) in [7, 11) is 6.48. The molecule has 0 aliphatic carbocycles. The average Bonchev–Trinajstić information content (AvgIpc) is 2.02. The van der Waals surface area contributed by atoms with Crippen molar-refractivity contribution in [2.45, 2.75) is 27.2 Å². The van der Waals surface area contributed by atoms with Gasteiger partial charge in [-0.1, -0.05) is 20.8 Å². The predicted octanol–water partition coefficient (Wildman–Crippen LogP) is 1.92. The predicted molar refractivity (Wildman–Crippen MR) is 60.1 cm³/mol. The molecule has 0 bridgehead atoms. The molecule has 0 amide bonds. The zero-order valence-electron chi connectivity index (χ0n) is 10.2. The maximum Gasteiger partial charge on any atom is 0.00452 e. The van der Waals surface area contributed by atoms with E-state index in [1.165, 1.54) is 26.1 Å². The van der Waals surface area contributed by atoms with Crippen LogP contribution in [-0.4, -0.2) is 50.6 Å². The highest BCUT2D eigenvalue weighted by atomic mass is 15.2. The van der Waals surface area contributed by atoms with Crippen LogP contribution in [0.1, 0.15) is 27.2 Å². The van der Waals surface area contributed by atoms with E-state index in [9.17, 15) is 0 Å². The van der Waals surface area contributed by atoms with Crippen LogP contribution in [0.4, 0.5) is 0 Å². The largest absolute Gasteiger partial charge is 0.309 e. The summed E-state index contributed by atoms with van der Waals surface area (Å²) in [5.74, 6) is 0. The van der Waals surface area contributed by atoms with Crippen LogP contribution in [0, 0.1) is 5.41 Å². The maximum absolute atomic E-state index is 2.39. The summed E-state index contributed by atoms with van der Waals surface area (Å²) in [6.07, 6.45) is 1.34. The molecule has 2 heteroatoms. The van der Waals surface area contributed by atoms with Gasteiger partial charge in [0.25, 0.3) is 0 Å². The quantitative estimate of drug-likeness (QED) is 0.664. The third-order valence-electron chi connectivity index (χ3n) is 2.47. The zero-order valence-corrected chi connectivity index (χ0v) is 10.2. The van der Waals surface area contributed by atoms with Gasteiger partial charge in [0.15, 0.2) is 0 Å². The topological polar surface area (TPSA) is 6.48 Å². The Balaban J connectivity index is 0.000000671. The first-order valence-corrected chi connectivity index (χ1v) is 5.35. The van der Waals surface area contributed by atoms with Gasteiger partial charge in [0, 0.05) is 13.1 Å². The number of hydrogen-bond donors (Lipinski definition) is 0. The lowest BCUT2D eigenvalue weighted by Gasteiger charge is -2.46. The van der Waals surface area contributed by atoms with Gasteiger partial charge >= 0.3 is 0 Å². The van der Waals surface area contributed by atoms with Gasteiger partial charge in [0.05, 0.1) is 0 Å². The fourth-order valence-electron chi connectivity index (χ4n) is 1.91. The Morgan fingerprint density at radius 3 is 2.00 bits per heavy atom. The van der Waals surface area contributed by atoms with Gasteiger partial charge in [0.2, 0.25) is 0 Å². The fraction of sp³-hybridized carbons (Fsp3) is 1.00. The first kappa shape index (κ1) is 12.9. The minimum atomic E-state index is 0.610. The van der Waals surface area contributed by atoms with Crippen molar-refractivity contribution in [2.24, 2.45) is 5.41 Å². The highest BCUT2D eigenvalue weighted by Crippen LogP contribution is 2.31. The van der Waals surface area contributed by atoms with Crippen molar-refractivity contribution < 1.29 is 0 Å². The average molecular weight is 186 g/mol. The van der Waals surface area contributed by atoms with Crippen molar-refractivity contribution in [3.63, 3.8) is 0 Å². The Bertz CT molecular complexity index is 126. The smallest absolute Gasteiger partial charge is 0.00452 e. The SMILES string of the molecule is CC.CN(C)CCC1(C)CN(C)C1. The summed E-state index contributed by atoms with van der Waals surface area (Å²) >= 11 is 0. The molecule has 1 aliphatic rings. The van der Waals surface area contributed by atoms with Crippen LogP contribution in [0.5, 0.6) is 0 Å². The van der Waals surface area contributed by atoms with E-state index in [-0.39, 0.29) is 0 Å². The first-order valence-electron chi connectivity index (χ1n) is 5.35.